The molecule has 2 N–H and O–H groups in total. The van der Waals surface area contributed by atoms with Gasteiger partial charge in [0, 0.05) is 31.5 Å². The molecule has 1 amide bonds. The highest BCUT2D eigenvalue weighted by Gasteiger charge is 2.31. The molecule has 0 saturated carbocycles. The van der Waals surface area contributed by atoms with Crippen LogP contribution in [0.1, 0.15) is 20.3 Å². The third-order valence-corrected chi connectivity index (χ3v) is 2.31. The van der Waals surface area contributed by atoms with Crippen LogP contribution in [0.25, 0.3) is 0 Å². The number of carbonyl (C=O) groups is 1. The van der Waals surface area contributed by atoms with Gasteiger partial charge in [-0.25, -0.2) is 0 Å². The molecule has 1 atom stereocenters. The van der Waals surface area contributed by atoms with E-state index in [9.17, 15) is 4.79 Å². The van der Waals surface area contributed by atoms with Crippen LogP contribution in [0, 0.1) is 5.92 Å². The Bertz CT molecular complexity index is 150. The molecule has 64 valence electrons. The van der Waals surface area contributed by atoms with Gasteiger partial charge in [0.25, 0.3) is 0 Å². The number of hydrogen-bond acceptors (Lipinski definition) is 2. The summed E-state index contributed by atoms with van der Waals surface area (Å²) >= 11 is 0. The van der Waals surface area contributed by atoms with Crippen LogP contribution in [0.5, 0.6) is 0 Å². The zero-order valence-electron chi connectivity index (χ0n) is 7.21. The van der Waals surface area contributed by atoms with Crippen LogP contribution >= 0.6 is 0 Å². The number of rotatable bonds is 2. The highest BCUT2D eigenvalue weighted by molar-refractivity contribution is 5.76. The highest BCUT2D eigenvalue weighted by atomic mass is 16.2. The molecule has 0 aromatic carbocycles. The molecule has 0 spiro atoms. The van der Waals surface area contributed by atoms with Crippen molar-refractivity contribution in [2.75, 3.05) is 13.1 Å². The molecule has 1 fully saturated rings. The molecule has 1 rings (SSSR count). The third kappa shape index (κ3) is 1.71. The molecule has 1 heterocycles. The Kier molecular flexibility index (Phi) is 2.49. The molecular formula is C8H16N2O. The number of hydrogen-bond donors (Lipinski definition) is 1. The van der Waals surface area contributed by atoms with E-state index >= 15 is 0 Å². The van der Waals surface area contributed by atoms with E-state index in [1.54, 1.807) is 0 Å². The summed E-state index contributed by atoms with van der Waals surface area (Å²) in [6, 6.07) is 0.232. The normalized spacial score (nSPS) is 21.2. The molecule has 1 aliphatic heterocycles. The van der Waals surface area contributed by atoms with Gasteiger partial charge >= 0.3 is 0 Å². The zero-order valence-corrected chi connectivity index (χ0v) is 7.21. The van der Waals surface area contributed by atoms with Gasteiger partial charge in [0.1, 0.15) is 0 Å². The van der Waals surface area contributed by atoms with Crippen LogP contribution in [0.15, 0.2) is 0 Å². The van der Waals surface area contributed by atoms with E-state index in [4.69, 9.17) is 5.73 Å². The number of amides is 1. The summed E-state index contributed by atoms with van der Waals surface area (Å²) in [5, 5.41) is 0. The molecule has 1 unspecified atom stereocenters. The Labute approximate surface area is 67.5 Å². The molecule has 1 aliphatic rings. The lowest BCUT2D eigenvalue weighted by Crippen LogP contribution is -2.55. The van der Waals surface area contributed by atoms with Gasteiger partial charge in [-0.3, -0.25) is 4.79 Å². The fraction of sp³-hybridized carbons (Fsp3) is 0.875. The first-order valence-corrected chi connectivity index (χ1v) is 4.18. The molecule has 0 bridgehead atoms. The summed E-state index contributed by atoms with van der Waals surface area (Å²) < 4.78 is 0. The van der Waals surface area contributed by atoms with Gasteiger partial charge in [-0.2, -0.15) is 0 Å². The predicted octanol–water partition coefficient (Wildman–Crippen LogP) is 0.202. The Morgan fingerprint density at radius 3 is 2.64 bits per heavy atom. The second-order valence-electron chi connectivity index (χ2n) is 3.27. The van der Waals surface area contributed by atoms with E-state index in [2.05, 4.69) is 0 Å². The summed E-state index contributed by atoms with van der Waals surface area (Å²) in [6.07, 6.45) is 0.617. The Morgan fingerprint density at radius 1 is 1.73 bits per heavy atom. The van der Waals surface area contributed by atoms with Crippen molar-refractivity contribution in [3.05, 3.63) is 0 Å². The van der Waals surface area contributed by atoms with Crippen molar-refractivity contribution < 1.29 is 4.79 Å². The van der Waals surface area contributed by atoms with Crippen molar-refractivity contribution in [1.82, 2.24) is 4.90 Å². The molecular weight excluding hydrogens is 140 g/mol. The van der Waals surface area contributed by atoms with Crippen molar-refractivity contribution in [3.63, 3.8) is 0 Å². The largest absolute Gasteiger partial charge is 0.342 e. The molecule has 11 heavy (non-hydrogen) atoms. The summed E-state index contributed by atoms with van der Waals surface area (Å²) in [4.78, 5) is 12.9. The summed E-state index contributed by atoms with van der Waals surface area (Å²) in [5.74, 6) is 0.785. The van der Waals surface area contributed by atoms with Gasteiger partial charge < -0.3 is 10.6 Å². The van der Waals surface area contributed by atoms with Crippen LogP contribution < -0.4 is 5.73 Å². The lowest BCUT2D eigenvalue weighted by molar-refractivity contribution is -0.137. The summed E-state index contributed by atoms with van der Waals surface area (Å²) in [6.45, 7) is 5.62. The topological polar surface area (TPSA) is 46.3 Å². The predicted molar refractivity (Wildman–Crippen MR) is 44.0 cm³/mol. The summed E-state index contributed by atoms with van der Waals surface area (Å²) in [7, 11) is 0. The van der Waals surface area contributed by atoms with E-state index < -0.39 is 0 Å². The SMILES string of the molecule is CCC(=O)N1CC(C(C)N)C1. The number of nitrogens with two attached hydrogens (primary N) is 1. The van der Waals surface area contributed by atoms with E-state index in [1.807, 2.05) is 18.7 Å². The summed E-state index contributed by atoms with van der Waals surface area (Å²) in [5.41, 5.74) is 5.66. The molecule has 3 nitrogen and oxygen atoms in total. The molecule has 0 aromatic rings. The Balaban J connectivity index is 2.24. The molecule has 0 aliphatic carbocycles. The van der Waals surface area contributed by atoms with Gasteiger partial charge in [0.15, 0.2) is 0 Å². The fourth-order valence-corrected chi connectivity index (χ4v) is 1.27. The minimum Gasteiger partial charge on any atom is -0.342 e. The molecule has 0 aromatic heterocycles. The van der Waals surface area contributed by atoms with Crippen molar-refractivity contribution in [3.8, 4) is 0 Å². The second-order valence-corrected chi connectivity index (χ2v) is 3.27. The molecule has 0 radical (unpaired) electrons. The van der Waals surface area contributed by atoms with Crippen molar-refractivity contribution in [2.24, 2.45) is 11.7 Å². The average molecular weight is 156 g/mol. The number of likely N-dealkylation sites (tertiary alicyclic amines) is 1. The quantitative estimate of drug-likeness (QED) is 0.621. The van der Waals surface area contributed by atoms with E-state index in [-0.39, 0.29) is 11.9 Å². The van der Waals surface area contributed by atoms with Crippen molar-refractivity contribution in [1.29, 1.82) is 0 Å². The number of nitrogens with zero attached hydrogens (tertiary/aromatic N) is 1. The molecule has 1 saturated heterocycles. The number of carbonyl (C=O) groups excluding carboxylic acids is 1. The van der Waals surface area contributed by atoms with Gasteiger partial charge in [-0.05, 0) is 6.92 Å². The lowest BCUT2D eigenvalue weighted by atomic mass is 9.93. The highest BCUT2D eigenvalue weighted by Crippen LogP contribution is 2.18. The first kappa shape index (κ1) is 8.53. The Morgan fingerprint density at radius 2 is 2.27 bits per heavy atom. The minimum absolute atomic E-state index is 0.232. The monoisotopic (exact) mass is 156 g/mol. The third-order valence-electron chi connectivity index (χ3n) is 2.31. The second kappa shape index (κ2) is 3.22. The van der Waals surface area contributed by atoms with Crippen LogP contribution in [-0.4, -0.2) is 29.9 Å². The van der Waals surface area contributed by atoms with Gasteiger partial charge in [-0.15, -0.1) is 0 Å². The van der Waals surface area contributed by atoms with Crippen LogP contribution in [0.4, 0.5) is 0 Å². The van der Waals surface area contributed by atoms with E-state index in [0.717, 1.165) is 13.1 Å². The maximum Gasteiger partial charge on any atom is 0.222 e. The lowest BCUT2D eigenvalue weighted by Gasteiger charge is -2.41. The Hall–Kier alpha value is -0.570. The fourth-order valence-electron chi connectivity index (χ4n) is 1.27. The minimum atomic E-state index is 0.232. The van der Waals surface area contributed by atoms with E-state index in [0.29, 0.717) is 12.3 Å². The van der Waals surface area contributed by atoms with E-state index in [1.165, 1.54) is 0 Å². The standard InChI is InChI=1S/C8H16N2O/c1-3-8(11)10-4-7(5-10)6(2)9/h6-7H,3-5,9H2,1-2H3. The van der Waals surface area contributed by atoms with Gasteiger partial charge in [0.2, 0.25) is 5.91 Å². The maximum atomic E-state index is 11.0. The van der Waals surface area contributed by atoms with Gasteiger partial charge in [0.05, 0.1) is 0 Å². The van der Waals surface area contributed by atoms with Crippen LogP contribution in [0.2, 0.25) is 0 Å². The van der Waals surface area contributed by atoms with Crippen molar-refractivity contribution in [2.45, 2.75) is 26.3 Å². The van der Waals surface area contributed by atoms with Crippen LogP contribution in [0.3, 0.4) is 0 Å². The zero-order chi connectivity index (χ0) is 8.43. The van der Waals surface area contributed by atoms with Crippen molar-refractivity contribution >= 4 is 5.91 Å². The first-order chi connectivity index (χ1) is 5.15. The first-order valence-electron chi connectivity index (χ1n) is 4.18. The van der Waals surface area contributed by atoms with Gasteiger partial charge in [-0.1, -0.05) is 6.92 Å². The average Bonchev–Trinajstić information content (AvgIpc) is 1.83. The van der Waals surface area contributed by atoms with Crippen LogP contribution in [-0.2, 0) is 4.79 Å². The maximum absolute atomic E-state index is 11.0. The molecule has 3 heteroatoms. The smallest absolute Gasteiger partial charge is 0.222 e.